The van der Waals surface area contributed by atoms with Gasteiger partial charge in [0.25, 0.3) is 10.1 Å². The molecule has 0 saturated heterocycles. The van der Waals surface area contributed by atoms with E-state index in [2.05, 4.69) is 45.2 Å². The third-order valence-electron chi connectivity index (χ3n) is 3.57. The van der Waals surface area contributed by atoms with Gasteiger partial charge in [0.2, 0.25) is 0 Å². The highest BCUT2D eigenvalue weighted by Gasteiger charge is 2.23. The van der Waals surface area contributed by atoms with Crippen molar-refractivity contribution in [3.63, 3.8) is 0 Å². The van der Waals surface area contributed by atoms with E-state index in [0.717, 1.165) is 7.14 Å². The normalized spacial score (nSPS) is 11.6. The van der Waals surface area contributed by atoms with Gasteiger partial charge in [0.15, 0.2) is 0 Å². The summed E-state index contributed by atoms with van der Waals surface area (Å²) in [6.07, 6.45) is 0. The van der Waals surface area contributed by atoms with Crippen molar-refractivity contribution in [1.82, 2.24) is 0 Å². The van der Waals surface area contributed by atoms with Crippen molar-refractivity contribution in [2.24, 2.45) is 0 Å². The van der Waals surface area contributed by atoms with Crippen molar-refractivity contribution in [1.29, 1.82) is 0 Å². The second-order valence-corrected chi connectivity index (χ2v) is 9.60. The van der Waals surface area contributed by atoms with Crippen LogP contribution in [0.3, 0.4) is 0 Å². The van der Waals surface area contributed by atoms with Crippen LogP contribution in [0.15, 0.2) is 35.2 Å². The van der Waals surface area contributed by atoms with E-state index >= 15 is 0 Å². The zero-order valence-electron chi connectivity index (χ0n) is 13.7. The number of hydrogen-bond donors (Lipinski definition) is 1. The molecule has 0 heterocycles. The fourth-order valence-electron chi connectivity index (χ4n) is 2.30. The number of halogens is 2. The Morgan fingerprint density at radius 3 is 2.36 bits per heavy atom. The lowest BCUT2D eigenvalue weighted by Gasteiger charge is -2.15. The van der Waals surface area contributed by atoms with Crippen molar-refractivity contribution >= 4 is 61.3 Å². The third-order valence-corrected chi connectivity index (χ3v) is 6.04. The maximum atomic E-state index is 12.6. The molecule has 2 aromatic rings. The second-order valence-electron chi connectivity index (χ2n) is 5.80. The zero-order valence-corrected chi connectivity index (χ0v) is 18.8. The molecule has 0 aliphatic carbocycles. The van der Waals surface area contributed by atoms with Gasteiger partial charge in [-0.3, -0.25) is 4.55 Å². The lowest BCUT2D eigenvalue weighted by atomic mass is 9.97. The number of ether oxygens (including phenoxy) is 1. The van der Waals surface area contributed by atoms with E-state index in [1.54, 1.807) is 26.8 Å². The Kier molecular flexibility index (Phi) is 6.50. The van der Waals surface area contributed by atoms with E-state index in [-0.39, 0.29) is 16.4 Å². The average Bonchev–Trinajstić information content (AvgIpc) is 2.49. The van der Waals surface area contributed by atoms with Gasteiger partial charge in [0.05, 0.1) is 14.0 Å². The van der Waals surface area contributed by atoms with Crippen LogP contribution < -0.4 is 4.74 Å². The summed E-state index contributed by atoms with van der Waals surface area (Å²) >= 11 is 4.21. The van der Waals surface area contributed by atoms with E-state index in [1.165, 1.54) is 12.1 Å². The van der Waals surface area contributed by atoms with E-state index in [4.69, 9.17) is 4.74 Å². The number of esters is 1. The monoisotopic (exact) mass is 586 g/mol. The molecular formula is C17H16I2O5S. The van der Waals surface area contributed by atoms with Crippen LogP contribution in [-0.2, 0) is 10.1 Å². The van der Waals surface area contributed by atoms with E-state index in [0.29, 0.717) is 16.9 Å². The van der Waals surface area contributed by atoms with Gasteiger partial charge in [-0.25, -0.2) is 4.79 Å². The number of benzene rings is 2. The Hall–Kier alpha value is -0.720. The van der Waals surface area contributed by atoms with Crippen LogP contribution in [0.4, 0.5) is 0 Å². The molecule has 0 unspecified atom stereocenters. The first kappa shape index (κ1) is 20.6. The van der Waals surface area contributed by atoms with Gasteiger partial charge in [-0.1, -0.05) is 13.8 Å². The van der Waals surface area contributed by atoms with Crippen molar-refractivity contribution in [3.8, 4) is 5.75 Å². The molecule has 0 aromatic heterocycles. The number of aryl methyl sites for hydroxylation is 1. The summed E-state index contributed by atoms with van der Waals surface area (Å²) in [5, 5.41) is 0. The van der Waals surface area contributed by atoms with Gasteiger partial charge in [0, 0.05) is 3.57 Å². The highest BCUT2D eigenvalue weighted by atomic mass is 127. The van der Waals surface area contributed by atoms with Gasteiger partial charge in [-0.2, -0.15) is 8.42 Å². The van der Waals surface area contributed by atoms with Gasteiger partial charge >= 0.3 is 5.97 Å². The molecule has 0 radical (unpaired) electrons. The maximum Gasteiger partial charge on any atom is 0.343 e. The van der Waals surface area contributed by atoms with Crippen LogP contribution >= 0.6 is 45.2 Å². The van der Waals surface area contributed by atoms with Gasteiger partial charge in [-0.15, -0.1) is 0 Å². The molecule has 134 valence electrons. The molecule has 0 fully saturated rings. The molecule has 2 rings (SSSR count). The SMILES string of the molecule is Cc1cc(S(=O)(=O)O)c(C(C)C)cc1C(=O)Oc1cc(I)ccc1I. The summed E-state index contributed by atoms with van der Waals surface area (Å²) in [6, 6.07) is 8.29. The van der Waals surface area contributed by atoms with Crippen LogP contribution in [0.25, 0.3) is 0 Å². The van der Waals surface area contributed by atoms with Crippen molar-refractivity contribution < 1.29 is 22.5 Å². The van der Waals surface area contributed by atoms with E-state index in [9.17, 15) is 17.8 Å². The second kappa shape index (κ2) is 7.89. The molecule has 25 heavy (non-hydrogen) atoms. The fraction of sp³-hybridized carbons (Fsp3) is 0.235. The average molecular weight is 586 g/mol. The molecule has 5 nitrogen and oxygen atoms in total. The van der Waals surface area contributed by atoms with E-state index in [1.807, 2.05) is 12.1 Å². The summed E-state index contributed by atoms with van der Waals surface area (Å²) in [4.78, 5) is 12.4. The van der Waals surface area contributed by atoms with Crippen LogP contribution in [0, 0.1) is 14.1 Å². The Morgan fingerprint density at radius 1 is 1.16 bits per heavy atom. The predicted octanol–water partition coefficient (Wildman–Crippen LogP) is 4.79. The minimum absolute atomic E-state index is 0.180. The third kappa shape index (κ3) is 4.92. The van der Waals surface area contributed by atoms with Crippen molar-refractivity contribution in [2.45, 2.75) is 31.6 Å². The Balaban J connectivity index is 2.50. The van der Waals surface area contributed by atoms with Gasteiger partial charge < -0.3 is 4.74 Å². The first-order chi connectivity index (χ1) is 11.5. The molecule has 0 saturated carbocycles. The Morgan fingerprint density at radius 2 is 1.80 bits per heavy atom. The molecule has 0 spiro atoms. The zero-order chi connectivity index (χ0) is 18.9. The summed E-state index contributed by atoms with van der Waals surface area (Å²) in [6.45, 7) is 5.18. The molecule has 8 heteroatoms. The van der Waals surface area contributed by atoms with Gasteiger partial charge in [0.1, 0.15) is 5.75 Å². The molecule has 0 aliphatic rings. The standard InChI is InChI=1S/C17H16I2O5S/c1-9(2)12-8-13(10(3)6-16(12)25(21,22)23)17(20)24-15-7-11(18)4-5-14(15)19/h4-9H,1-3H3,(H,21,22,23). The lowest BCUT2D eigenvalue weighted by molar-refractivity contribution is 0.0732. The minimum Gasteiger partial charge on any atom is -0.422 e. The number of hydrogen-bond acceptors (Lipinski definition) is 4. The highest BCUT2D eigenvalue weighted by Crippen LogP contribution is 2.29. The molecule has 2 aromatic carbocycles. The molecule has 0 aliphatic heterocycles. The number of carbonyl (C=O) groups excluding carboxylic acids is 1. The largest absolute Gasteiger partial charge is 0.422 e. The summed E-state index contributed by atoms with van der Waals surface area (Å²) in [5.41, 5.74) is 1.06. The fourth-order valence-corrected chi connectivity index (χ4v) is 4.13. The topological polar surface area (TPSA) is 80.7 Å². The van der Waals surface area contributed by atoms with E-state index < -0.39 is 16.1 Å². The molecule has 0 bridgehead atoms. The first-order valence-corrected chi connectivity index (χ1v) is 10.9. The van der Waals surface area contributed by atoms with Crippen LogP contribution in [-0.4, -0.2) is 18.9 Å². The number of rotatable bonds is 4. The Bertz CT molecular complexity index is 936. The van der Waals surface area contributed by atoms with Crippen molar-refractivity contribution in [3.05, 3.63) is 54.2 Å². The van der Waals surface area contributed by atoms with Gasteiger partial charge in [-0.05, 0) is 99.5 Å². The Labute approximate surface area is 174 Å². The summed E-state index contributed by atoms with van der Waals surface area (Å²) in [5.74, 6) is -0.315. The molecule has 0 amide bonds. The van der Waals surface area contributed by atoms with Crippen LogP contribution in [0.5, 0.6) is 5.75 Å². The predicted molar refractivity (Wildman–Crippen MR) is 112 cm³/mol. The maximum absolute atomic E-state index is 12.6. The lowest BCUT2D eigenvalue weighted by Crippen LogP contribution is -2.14. The molecule has 0 atom stereocenters. The smallest absolute Gasteiger partial charge is 0.343 e. The first-order valence-electron chi connectivity index (χ1n) is 7.30. The molecular weight excluding hydrogens is 570 g/mol. The summed E-state index contributed by atoms with van der Waals surface area (Å²) < 4.78 is 39.9. The summed E-state index contributed by atoms with van der Waals surface area (Å²) in [7, 11) is -4.37. The van der Waals surface area contributed by atoms with Crippen LogP contribution in [0.1, 0.15) is 41.3 Å². The number of carbonyl (C=O) groups is 1. The minimum atomic E-state index is -4.37. The quantitative estimate of drug-likeness (QED) is 0.241. The van der Waals surface area contributed by atoms with Crippen molar-refractivity contribution in [2.75, 3.05) is 0 Å². The highest BCUT2D eigenvalue weighted by molar-refractivity contribution is 14.1. The van der Waals surface area contributed by atoms with Crippen LogP contribution in [0.2, 0.25) is 0 Å². The molecule has 1 N–H and O–H groups in total.